The minimum Gasteiger partial charge on any atom is -0.507 e. The summed E-state index contributed by atoms with van der Waals surface area (Å²) >= 11 is 0. The Kier molecular flexibility index (Phi) is 6.31. The van der Waals surface area contributed by atoms with E-state index in [4.69, 9.17) is 9.47 Å². The Morgan fingerprint density at radius 1 is 0.615 bits per heavy atom. The smallest absolute Gasteiger partial charge is 0.347 e. The Hall–Kier alpha value is -5.29. The molecular formula is C34H24O5. The van der Waals surface area contributed by atoms with Crippen LogP contribution in [0.1, 0.15) is 15.9 Å². The number of hydrogen-bond donors (Lipinski definition) is 2. The molecule has 2 N–H and O–H groups in total. The van der Waals surface area contributed by atoms with Crippen molar-refractivity contribution in [1.29, 1.82) is 0 Å². The van der Waals surface area contributed by atoms with E-state index in [0.29, 0.717) is 40.0 Å². The Bertz CT molecular complexity index is 1810. The third-order valence-electron chi connectivity index (χ3n) is 6.66. The van der Waals surface area contributed by atoms with Crippen molar-refractivity contribution in [3.05, 3.63) is 132 Å². The summed E-state index contributed by atoms with van der Waals surface area (Å²) in [5, 5.41) is 25.5. The molecule has 0 saturated carbocycles. The first-order chi connectivity index (χ1) is 19.1. The maximum Gasteiger partial charge on any atom is 0.347 e. The monoisotopic (exact) mass is 512 g/mol. The topological polar surface area (TPSA) is 76.0 Å². The van der Waals surface area contributed by atoms with Gasteiger partial charge in [0.25, 0.3) is 0 Å². The normalized spacial score (nSPS) is 11.0. The van der Waals surface area contributed by atoms with Crippen LogP contribution in [-0.4, -0.2) is 16.2 Å². The van der Waals surface area contributed by atoms with E-state index in [1.807, 2.05) is 78.9 Å². The van der Waals surface area contributed by atoms with E-state index >= 15 is 0 Å². The first kappa shape index (κ1) is 24.1. The van der Waals surface area contributed by atoms with Crippen LogP contribution in [0.2, 0.25) is 0 Å². The van der Waals surface area contributed by atoms with E-state index in [-0.39, 0.29) is 17.1 Å². The van der Waals surface area contributed by atoms with Crippen molar-refractivity contribution >= 4 is 27.5 Å². The predicted octanol–water partition coefficient (Wildman–Crippen LogP) is 7.87. The highest BCUT2D eigenvalue weighted by molar-refractivity contribution is 6.13. The quantitative estimate of drug-likeness (QED) is 0.175. The number of aromatic hydroxyl groups is 2. The van der Waals surface area contributed by atoms with E-state index in [9.17, 15) is 15.0 Å². The van der Waals surface area contributed by atoms with Crippen molar-refractivity contribution in [1.82, 2.24) is 0 Å². The minimum atomic E-state index is -0.693. The molecule has 0 radical (unpaired) electrons. The highest BCUT2D eigenvalue weighted by Gasteiger charge is 2.24. The van der Waals surface area contributed by atoms with Crippen molar-refractivity contribution in [3.63, 3.8) is 0 Å². The summed E-state index contributed by atoms with van der Waals surface area (Å²) in [6.45, 7) is 0.425. The molecule has 0 bridgehead atoms. The van der Waals surface area contributed by atoms with Gasteiger partial charge >= 0.3 is 5.97 Å². The lowest BCUT2D eigenvalue weighted by Gasteiger charge is -2.17. The molecule has 6 aromatic rings. The van der Waals surface area contributed by atoms with Gasteiger partial charge in [0.15, 0.2) is 0 Å². The van der Waals surface area contributed by atoms with Gasteiger partial charge in [0, 0.05) is 11.1 Å². The van der Waals surface area contributed by atoms with Gasteiger partial charge < -0.3 is 19.7 Å². The maximum atomic E-state index is 13.2. The molecular weight excluding hydrogens is 488 g/mol. The third-order valence-corrected chi connectivity index (χ3v) is 6.66. The molecule has 0 atom stereocenters. The number of carbonyl (C=O) groups excluding carboxylic acids is 1. The Morgan fingerprint density at radius 2 is 1.28 bits per heavy atom. The fourth-order valence-electron chi connectivity index (χ4n) is 4.79. The summed E-state index contributed by atoms with van der Waals surface area (Å²) in [5.41, 5.74) is 1.84. The molecule has 0 aliphatic heterocycles. The van der Waals surface area contributed by atoms with Crippen LogP contribution in [0.5, 0.6) is 23.0 Å². The van der Waals surface area contributed by atoms with E-state index in [2.05, 4.69) is 0 Å². The lowest BCUT2D eigenvalue weighted by atomic mass is 9.90. The van der Waals surface area contributed by atoms with Gasteiger partial charge in [0.05, 0.1) is 0 Å². The summed E-state index contributed by atoms with van der Waals surface area (Å²) in [6, 6.07) is 36.6. The number of benzene rings is 6. The zero-order valence-electron chi connectivity index (χ0n) is 20.9. The van der Waals surface area contributed by atoms with Gasteiger partial charge in [-0.1, -0.05) is 78.9 Å². The van der Waals surface area contributed by atoms with Crippen LogP contribution in [0.3, 0.4) is 0 Å². The van der Waals surface area contributed by atoms with Gasteiger partial charge in [0.2, 0.25) is 0 Å². The lowest BCUT2D eigenvalue weighted by molar-refractivity contribution is 0.0732. The molecule has 6 aromatic carbocycles. The largest absolute Gasteiger partial charge is 0.507 e. The number of phenolic OH excluding ortho intramolecular Hbond substituents is 2. The van der Waals surface area contributed by atoms with Crippen molar-refractivity contribution < 1.29 is 24.5 Å². The van der Waals surface area contributed by atoms with Crippen molar-refractivity contribution in [3.8, 4) is 34.1 Å². The Balaban J connectivity index is 1.47. The molecule has 0 aromatic heterocycles. The van der Waals surface area contributed by atoms with Gasteiger partial charge in [-0.05, 0) is 69.6 Å². The first-order valence-electron chi connectivity index (χ1n) is 12.5. The molecule has 0 saturated heterocycles. The molecule has 0 fully saturated rings. The van der Waals surface area contributed by atoms with E-state index in [1.54, 1.807) is 42.5 Å². The van der Waals surface area contributed by atoms with E-state index in [0.717, 1.165) is 16.3 Å². The van der Waals surface area contributed by atoms with Gasteiger partial charge in [-0.2, -0.15) is 0 Å². The molecule has 6 rings (SSSR count). The molecule has 5 heteroatoms. The molecule has 39 heavy (non-hydrogen) atoms. The third kappa shape index (κ3) is 4.74. The van der Waals surface area contributed by atoms with Crippen LogP contribution in [-0.2, 0) is 6.61 Å². The molecule has 0 aliphatic rings. The van der Waals surface area contributed by atoms with Gasteiger partial charge in [-0.15, -0.1) is 0 Å². The van der Waals surface area contributed by atoms with Crippen LogP contribution in [0.4, 0.5) is 0 Å². The molecule has 0 heterocycles. The van der Waals surface area contributed by atoms with Crippen molar-refractivity contribution in [2.45, 2.75) is 6.61 Å². The number of fused-ring (bicyclic) bond motifs is 2. The highest BCUT2D eigenvalue weighted by atomic mass is 16.5. The molecule has 0 amide bonds. The van der Waals surface area contributed by atoms with Crippen molar-refractivity contribution in [2.24, 2.45) is 0 Å². The second-order valence-electron chi connectivity index (χ2n) is 9.19. The number of ether oxygens (including phenoxy) is 2. The van der Waals surface area contributed by atoms with Crippen molar-refractivity contribution in [2.75, 3.05) is 0 Å². The Morgan fingerprint density at radius 3 is 2.08 bits per heavy atom. The minimum absolute atomic E-state index is 0.00627. The summed E-state index contributed by atoms with van der Waals surface area (Å²) in [5.74, 6) is 0.0725. The SMILES string of the molecule is O=C(Oc1ccccc1)c1cc2ccccc2c(-c2c(O)ccc3cc(OCc4ccccc4)ccc23)c1O. The van der Waals surface area contributed by atoms with Crippen LogP contribution < -0.4 is 9.47 Å². The lowest BCUT2D eigenvalue weighted by Crippen LogP contribution is -2.09. The second kappa shape index (κ2) is 10.2. The average molecular weight is 513 g/mol. The summed E-state index contributed by atoms with van der Waals surface area (Å²) < 4.78 is 11.5. The number of para-hydroxylation sites is 1. The number of carbonyl (C=O) groups is 1. The summed E-state index contributed by atoms with van der Waals surface area (Å²) in [6.07, 6.45) is 0. The second-order valence-corrected chi connectivity index (χ2v) is 9.19. The number of rotatable bonds is 6. The summed E-state index contributed by atoms with van der Waals surface area (Å²) in [4.78, 5) is 13.2. The number of hydrogen-bond acceptors (Lipinski definition) is 5. The molecule has 190 valence electrons. The number of esters is 1. The summed E-state index contributed by atoms with van der Waals surface area (Å²) in [7, 11) is 0. The zero-order chi connectivity index (χ0) is 26.8. The van der Waals surface area contributed by atoms with Crippen LogP contribution in [0, 0.1) is 0 Å². The van der Waals surface area contributed by atoms with Gasteiger partial charge in [-0.3, -0.25) is 0 Å². The van der Waals surface area contributed by atoms with E-state index in [1.165, 1.54) is 0 Å². The maximum absolute atomic E-state index is 13.2. The molecule has 0 aliphatic carbocycles. The fraction of sp³-hybridized carbons (Fsp3) is 0.0294. The average Bonchev–Trinajstić information content (AvgIpc) is 2.97. The van der Waals surface area contributed by atoms with Crippen LogP contribution in [0.15, 0.2) is 121 Å². The fourth-order valence-corrected chi connectivity index (χ4v) is 4.79. The molecule has 0 unspecified atom stereocenters. The standard InChI is InChI=1S/C34H24O5/c35-30-18-15-24-19-26(38-21-22-9-3-1-4-10-22)16-17-28(24)31(30)32-27-14-8-7-11-23(27)20-29(33(32)36)34(37)39-25-12-5-2-6-13-25/h1-20,35-36H,21H2. The predicted molar refractivity (Wildman–Crippen MR) is 152 cm³/mol. The van der Waals surface area contributed by atoms with Crippen LogP contribution >= 0.6 is 0 Å². The zero-order valence-corrected chi connectivity index (χ0v) is 20.9. The van der Waals surface area contributed by atoms with Gasteiger partial charge in [0.1, 0.15) is 35.2 Å². The highest BCUT2D eigenvalue weighted by Crippen LogP contribution is 2.46. The van der Waals surface area contributed by atoms with E-state index < -0.39 is 5.97 Å². The molecule has 5 nitrogen and oxygen atoms in total. The molecule has 0 spiro atoms. The Labute approximate surface area is 225 Å². The van der Waals surface area contributed by atoms with Crippen LogP contribution in [0.25, 0.3) is 32.7 Å². The number of phenols is 2. The first-order valence-corrected chi connectivity index (χ1v) is 12.5. The van der Waals surface area contributed by atoms with Gasteiger partial charge in [-0.25, -0.2) is 4.79 Å².